The number of hydrogen-bond acceptors (Lipinski definition) is 2. The van der Waals surface area contributed by atoms with E-state index in [0.717, 1.165) is 33.8 Å². The first kappa shape index (κ1) is 33.6. The Bertz CT molecular complexity index is 3700. The maximum atomic E-state index is 5.32. The zero-order valence-electron chi connectivity index (χ0n) is 33.0. The predicted octanol–water partition coefficient (Wildman–Crippen LogP) is 14.2. The smallest absolute Gasteiger partial charge is 0.141 e. The Morgan fingerprint density at radius 1 is 0.339 bits per heavy atom. The number of fused-ring (bicyclic) bond motifs is 13. The third-order valence-electron chi connectivity index (χ3n) is 12.6. The number of imidazole rings is 2. The van der Waals surface area contributed by atoms with Crippen LogP contribution in [0.1, 0.15) is 5.56 Å². The van der Waals surface area contributed by atoms with Crippen molar-refractivity contribution in [1.29, 1.82) is 0 Å². The third kappa shape index (κ3) is 5.03. The highest BCUT2D eigenvalue weighted by Crippen LogP contribution is 2.40. The van der Waals surface area contributed by atoms with Crippen LogP contribution in [-0.2, 0) is 14.1 Å². The van der Waals surface area contributed by atoms with Gasteiger partial charge in [0.05, 0.1) is 22.1 Å². The number of benzene rings is 10. The molecule has 0 radical (unpaired) electrons. The number of rotatable bonds is 4. The van der Waals surface area contributed by atoms with Gasteiger partial charge in [0.25, 0.3) is 0 Å². The summed E-state index contributed by atoms with van der Waals surface area (Å²) >= 11 is 0. The van der Waals surface area contributed by atoms with Crippen molar-refractivity contribution in [1.82, 2.24) is 19.1 Å². The topological polar surface area (TPSA) is 35.6 Å². The van der Waals surface area contributed by atoms with Crippen LogP contribution in [0.2, 0.25) is 0 Å². The SMILES string of the molecule is Cc1cc(-c2ccc3ccc(-c4ccc(-c5nc6c7ccccc7c7ccccc7c6n5C)cc4)cc3c2)ccc1-c1nc2c3ccccc3c3ccccc3c2n1C. The number of aryl methyl sites for hydroxylation is 3. The van der Waals surface area contributed by atoms with Crippen molar-refractivity contribution in [3.05, 3.63) is 181 Å². The Balaban J connectivity index is 0.887. The van der Waals surface area contributed by atoms with Gasteiger partial charge in [0.1, 0.15) is 11.6 Å². The summed E-state index contributed by atoms with van der Waals surface area (Å²) in [6.07, 6.45) is 0. The van der Waals surface area contributed by atoms with E-state index in [4.69, 9.17) is 9.97 Å². The molecule has 0 saturated heterocycles. The van der Waals surface area contributed by atoms with E-state index < -0.39 is 0 Å². The molecular formula is C55H38N4. The van der Waals surface area contributed by atoms with Gasteiger partial charge >= 0.3 is 0 Å². The summed E-state index contributed by atoms with van der Waals surface area (Å²) in [5.41, 5.74) is 12.6. The van der Waals surface area contributed by atoms with Crippen LogP contribution >= 0.6 is 0 Å². The molecule has 59 heavy (non-hydrogen) atoms. The summed E-state index contributed by atoms with van der Waals surface area (Å²) in [5.74, 6) is 1.95. The quantitative estimate of drug-likeness (QED) is 0.168. The van der Waals surface area contributed by atoms with Gasteiger partial charge in [-0.3, -0.25) is 0 Å². The third-order valence-corrected chi connectivity index (χ3v) is 12.6. The van der Waals surface area contributed by atoms with Crippen molar-refractivity contribution in [3.8, 4) is 45.0 Å². The molecule has 0 spiro atoms. The summed E-state index contributed by atoms with van der Waals surface area (Å²) in [4.78, 5) is 10.6. The van der Waals surface area contributed by atoms with Crippen molar-refractivity contribution in [2.45, 2.75) is 6.92 Å². The van der Waals surface area contributed by atoms with Crippen LogP contribution in [0, 0.1) is 6.92 Å². The van der Waals surface area contributed by atoms with Gasteiger partial charge in [0.15, 0.2) is 0 Å². The number of hydrogen-bond donors (Lipinski definition) is 0. The van der Waals surface area contributed by atoms with Crippen molar-refractivity contribution >= 4 is 75.9 Å². The van der Waals surface area contributed by atoms with E-state index in [1.165, 1.54) is 92.7 Å². The van der Waals surface area contributed by atoms with Gasteiger partial charge in [-0.05, 0) is 79.2 Å². The highest BCUT2D eigenvalue weighted by atomic mass is 15.1. The molecule has 10 aromatic carbocycles. The monoisotopic (exact) mass is 754 g/mol. The minimum atomic E-state index is 0.968. The predicted molar refractivity (Wildman–Crippen MR) is 249 cm³/mol. The number of aromatic nitrogens is 4. The summed E-state index contributed by atoms with van der Waals surface area (Å²) in [7, 11) is 4.29. The molecule has 12 aromatic rings. The van der Waals surface area contributed by atoms with E-state index >= 15 is 0 Å². The lowest BCUT2D eigenvalue weighted by Gasteiger charge is -2.11. The molecule has 4 nitrogen and oxygen atoms in total. The molecule has 0 fully saturated rings. The molecule has 0 N–H and O–H groups in total. The maximum absolute atomic E-state index is 5.32. The first-order valence-corrected chi connectivity index (χ1v) is 20.3. The van der Waals surface area contributed by atoms with Crippen LogP contribution in [0.5, 0.6) is 0 Å². The molecule has 4 heteroatoms. The van der Waals surface area contributed by atoms with Crippen LogP contribution in [0.15, 0.2) is 176 Å². The molecule has 12 rings (SSSR count). The molecule has 0 aliphatic heterocycles. The van der Waals surface area contributed by atoms with Crippen LogP contribution in [0.4, 0.5) is 0 Å². The zero-order chi connectivity index (χ0) is 39.4. The van der Waals surface area contributed by atoms with E-state index in [2.05, 4.69) is 206 Å². The molecule has 0 amide bonds. The summed E-state index contributed by atoms with van der Waals surface area (Å²) < 4.78 is 4.53. The maximum Gasteiger partial charge on any atom is 0.141 e. The minimum absolute atomic E-state index is 0.968. The van der Waals surface area contributed by atoms with Gasteiger partial charge in [-0.15, -0.1) is 0 Å². The fourth-order valence-electron chi connectivity index (χ4n) is 9.70. The second-order valence-electron chi connectivity index (χ2n) is 15.9. The number of nitrogens with zero attached hydrogens (tertiary/aromatic N) is 4. The van der Waals surface area contributed by atoms with Crippen molar-refractivity contribution in [2.24, 2.45) is 14.1 Å². The fourth-order valence-corrected chi connectivity index (χ4v) is 9.70. The van der Waals surface area contributed by atoms with Gasteiger partial charge in [0, 0.05) is 46.8 Å². The Morgan fingerprint density at radius 3 is 1.27 bits per heavy atom. The highest BCUT2D eigenvalue weighted by molar-refractivity contribution is 6.25. The molecule has 0 aliphatic rings. The Kier molecular flexibility index (Phi) is 7.24. The normalized spacial score (nSPS) is 12.0. The van der Waals surface area contributed by atoms with Gasteiger partial charge in [-0.2, -0.15) is 0 Å². The van der Waals surface area contributed by atoms with Crippen LogP contribution in [0.25, 0.3) is 121 Å². The lowest BCUT2D eigenvalue weighted by Crippen LogP contribution is -1.95. The first-order valence-electron chi connectivity index (χ1n) is 20.3. The molecule has 2 heterocycles. The van der Waals surface area contributed by atoms with Gasteiger partial charge in [-0.25, -0.2) is 9.97 Å². The summed E-state index contributed by atoms with van der Waals surface area (Å²) in [6, 6.07) is 63.9. The molecule has 0 bridgehead atoms. The van der Waals surface area contributed by atoms with Gasteiger partial charge < -0.3 is 9.13 Å². The molecule has 2 aromatic heterocycles. The largest absolute Gasteiger partial charge is 0.327 e. The van der Waals surface area contributed by atoms with E-state index in [-0.39, 0.29) is 0 Å². The summed E-state index contributed by atoms with van der Waals surface area (Å²) in [5, 5.41) is 12.3. The van der Waals surface area contributed by atoms with E-state index in [1.807, 2.05) is 0 Å². The van der Waals surface area contributed by atoms with Gasteiger partial charge in [-0.1, -0.05) is 164 Å². The van der Waals surface area contributed by atoms with Crippen LogP contribution in [-0.4, -0.2) is 19.1 Å². The lowest BCUT2D eigenvalue weighted by molar-refractivity contribution is 0.960. The van der Waals surface area contributed by atoms with Crippen molar-refractivity contribution < 1.29 is 0 Å². The van der Waals surface area contributed by atoms with E-state index in [0.29, 0.717) is 0 Å². The average molecular weight is 755 g/mol. The molecular weight excluding hydrogens is 717 g/mol. The Morgan fingerprint density at radius 2 is 0.729 bits per heavy atom. The minimum Gasteiger partial charge on any atom is -0.327 e. The highest BCUT2D eigenvalue weighted by Gasteiger charge is 2.19. The van der Waals surface area contributed by atoms with Gasteiger partial charge in [0.2, 0.25) is 0 Å². The fraction of sp³-hybridized carbons (Fsp3) is 0.0545. The molecule has 0 unspecified atom stereocenters. The van der Waals surface area contributed by atoms with Crippen LogP contribution < -0.4 is 0 Å². The van der Waals surface area contributed by atoms with Crippen molar-refractivity contribution in [3.63, 3.8) is 0 Å². The molecule has 278 valence electrons. The Hall–Kier alpha value is -7.56. The molecule has 0 atom stereocenters. The first-order chi connectivity index (χ1) is 29.0. The second kappa shape index (κ2) is 12.7. The van der Waals surface area contributed by atoms with E-state index in [1.54, 1.807) is 0 Å². The Labute approximate surface area is 341 Å². The van der Waals surface area contributed by atoms with Crippen molar-refractivity contribution in [2.75, 3.05) is 0 Å². The van der Waals surface area contributed by atoms with Crippen LogP contribution in [0.3, 0.4) is 0 Å². The van der Waals surface area contributed by atoms with E-state index in [9.17, 15) is 0 Å². The lowest BCUT2D eigenvalue weighted by atomic mass is 9.95. The zero-order valence-corrected chi connectivity index (χ0v) is 33.0. The standard InChI is InChI=1S/C55H38N4/c1-33-30-37(28-29-41(33)55-57-51-47-17-9-5-13-43(47)45-15-7-11-19-49(45)53(51)59(55)3)39-27-23-35-22-26-38(31-40(35)32-39)34-20-24-36(25-21-34)54-56-50-46-16-8-4-12-42(46)44-14-6-10-18-48(44)52(50)58(54)2/h4-32H,1-3H3. The summed E-state index contributed by atoms with van der Waals surface area (Å²) in [6.45, 7) is 2.20. The second-order valence-corrected chi connectivity index (χ2v) is 15.9. The molecule has 0 saturated carbocycles. The average Bonchev–Trinajstić information content (AvgIpc) is 3.83. The molecule has 0 aliphatic carbocycles.